The second kappa shape index (κ2) is 11.4. The molecule has 2 N–H and O–H groups in total. The SMILES string of the molecule is CCOCCCN1C(=O)c2ccccc2C1Nc1cccc(C(=O)NCCc2ccccn2)c1. The molecule has 2 amide bonds. The predicted octanol–water partition coefficient (Wildman–Crippen LogP) is 4.05. The molecule has 1 atom stereocenters. The molecule has 0 radical (unpaired) electrons. The topological polar surface area (TPSA) is 83.6 Å². The number of benzene rings is 2. The maximum atomic E-state index is 13.0. The second-order valence-electron chi connectivity index (χ2n) is 8.09. The van der Waals surface area contributed by atoms with Gasteiger partial charge in [0.1, 0.15) is 6.17 Å². The fourth-order valence-electron chi connectivity index (χ4n) is 4.10. The van der Waals surface area contributed by atoms with Gasteiger partial charge in [-0.2, -0.15) is 0 Å². The van der Waals surface area contributed by atoms with Gasteiger partial charge in [-0.15, -0.1) is 0 Å². The summed E-state index contributed by atoms with van der Waals surface area (Å²) < 4.78 is 5.45. The van der Waals surface area contributed by atoms with Crippen molar-refractivity contribution in [1.29, 1.82) is 0 Å². The number of fused-ring (bicyclic) bond motifs is 1. The summed E-state index contributed by atoms with van der Waals surface area (Å²) in [4.78, 5) is 31.9. The predicted molar refractivity (Wildman–Crippen MR) is 132 cm³/mol. The lowest BCUT2D eigenvalue weighted by molar-refractivity contribution is 0.0708. The Morgan fingerprint density at radius 1 is 1.09 bits per heavy atom. The monoisotopic (exact) mass is 458 g/mol. The van der Waals surface area contributed by atoms with Crippen molar-refractivity contribution in [1.82, 2.24) is 15.2 Å². The van der Waals surface area contributed by atoms with E-state index in [4.69, 9.17) is 4.74 Å². The van der Waals surface area contributed by atoms with Gasteiger partial charge in [0.05, 0.1) is 0 Å². The molecule has 34 heavy (non-hydrogen) atoms. The maximum Gasteiger partial charge on any atom is 0.256 e. The second-order valence-corrected chi connectivity index (χ2v) is 8.09. The minimum Gasteiger partial charge on any atom is -0.382 e. The van der Waals surface area contributed by atoms with E-state index in [1.54, 1.807) is 12.3 Å². The molecule has 0 fully saturated rings. The smallest absolute Gasteiger partial charge is 0.256 e. The highest BCUT2D eigenvalue weighted by Crippen LogP contribution is 2.34. The molecule has 0 spiro atoms. The zero-order valence-electron chi connectivity index (χ0n) is 19.4. The van der Waals surface area contributed by atoms with Crippen LogP contribution in [0, 0.1) is 0 Å². The van der Waals surface area contributed by atoms with Gasteiger partial charge in [0.15, 0.2) is 0 Å². The van der Waals surface area contributed by atoms with E-state index in [0.717, 1.165) is 23.4 Å². The Hall–Kier alpha value is -3.71. The van der Waals surface area contributed by atoms with Crippen LogP contribution in [0.15, 0.2) is 72.9 Å². The lowest BCUT2D eigenvalue weighted by Crippen LogP contribution is -2.33. The number of ether oxygens (including phenoxy) is 1. The van der Waals surface area contributed by atoms with Crippen LogP contribution in [0.2, 0.25) is 0 Å². The molecule has 0 aliphatic carbocycles. The fraction of sp³-hybridized carbons (Fsp3) is 0.296. The fourth-order valence-corrected chi connectivity index (χ4v) is 4.10. The minimum atomic E-state index is -0.298. The highest BCUT2D eigenvalue weighted by atomic mass is 16.5. The first-order chi connectivity index (χ1) is 16.7. The van der Waals surface area contributed by atoms with E-state index in [-0.39, 0.29) is 18.0 Å². The van der Waals surface area contributed by atoms with Crippen LogP contribution in [0.5, 0.6) is 0 Å². The Morgan fingerprint density at radius 3 is 2.76 bits per heavy atom. The zero-order valence-corrected chi connectivity index (χ0v) is 19.4. The number of aromatic nitrogens is 1. The van der Waals surface area contributed by atoms with Crippen LogP contribution in [-0.4, -0.2) is 48.0 Å². The van der Waals surface area contributed by atoms with Crippen molar-refractivity contribution in [3.05, 3.63) is 95.3 Å². The molecule has 176 valence electrons. The summed E-state index contributed by atoms with van der Waals surface area (Å²) in [5.41, 5.74) is 3.93. The quantitative estimate of drug-likeness (QED) is 0.424. The summed E-state index contributed by atoms with van der Waals surface area (Å²) in [5.74, 6) is -0.135. The number of pyridine rings is 1. The Labute approximate surface area is 200 Å². The van der Waals surface area contributed by atoms with Crippen LogP contribution >= 0.6 is 0 Å². The van der Waals surface area contributed by atoms with Gasteiger partial charge in [-0.1, -0.05) is 30.3 Å². The molecule has 7 heteroatoms. The van der Waals surface area contributed by atoms with Crippen LogP contribution in [0.4, 0.5) is 5.69 Å². The number of rotatable bonds is 11. The third-order valence-corrected chi connectivity index (χ3v) is 5.77. The molecule has 2 heterocycles. The maximum absolute atomic E-state index is 13.0. The van der Waals surface area contributed by atoms with Gasteiger partial charge in [0, 0.05) is 67.0 Å². The summed E-state index contributed by atoms with van der Waals surface area (Å²) >= 11 is 0. The first-order valence-corrected chi connectivity index (χ1v) is 11.7. The number of hydrogen-bond donors (Lipinski definition) is 2. The zero-order chi connectivity index (χ0) is 23.8. The molecule has 1 aromatic heterocycles. The van der Waals surface area contributed by atoms with Crippen LogP contribution in [0.3, 0.4) is 0 Å². The molecule has 3 aromatic rings. The van der Waals surface area contributed by atoms with Crippen molar-refractivity contribution in [3.8, 4) is 0 Å². The number of nitrogens with zero attached hydrogens (tertiary/aromatic N) is 2. The van der Waals surface area contributed by atoms with Gasteiger partial charge in [-0.25, -0.2) is 0 Å². The molecule has 1 aliphatic heterocycles. The largest absolute Gasteiger partial charge is 0.382 e. The van der Waals surface area contributed by atoms with Gasteiger partial charge in [-0.3, -0.25) is 14.6 Å². The summed E-state index contributed by atoms with van der Waals surface area (Å²) in [7, 11) is 0. The summed E-state index contributed by atoms with van der Waals surface area (Å²) in [5, 5.41) is 6.42. The van der Waals surface area contributed by atoms with Crippen molar-refractivity contribution in [3.63, 3.8) is 0 Å². The summed E-state index contributed by atoms with van der Waals surface area (Å²) in [6.07, 6.45) is 2.87. The van der Waals surface area contributed by atoms with Crippen LogP contribution < -0.4 is 10.6 Å². The Balaban J connectivity index is 1.43. The Bertz CT molecular complexity index is 1120. The molecule has 2 aromatic carbocycles. The molecular weight excluding hydrogens is 428 g/mol. The summed E-state index contributed by atoms with van der Waals surface area (Å²) in [6, 6.07) is 20.8. The molecule has 0 bridgehead atoms. The highest BCUT2D eigenvalue weighted by molar-refractivity contribution is 5.99. The van der Waals surface area contributed by atoms with E-state index in [1.165, 1.54) is 0 Å². The number of anilines is 1. The van der Waals surface area contributed by atoms with Crippen molar-refractivity contribution in [2.24, 2.45) is 0 Å². The van der Waals surface area contributed by atoms with Crippen molar-refractivity contribution >= 4 is 17.5 Å². The average molecular weight is 459 g/mol. The standard InChI is InChI=1S/C27H30N4O3/c1-2-34-18-8-17-31-25(23-12-3-4-13-24(23)27(31)33)30-22-11-7-9-20(19-22)26(32)29-16-14-21-10-5-6-15-28-21/h3-7,9-13,15,19,25,30H,2,8,14,16-18H2,1H3,(H,29,32). The first-order valence-electron chi connectivity index (χ1n) is 11.7. The van der Waals surface area contributed by atoms with E-state index in [1.807, 2.05) is 72.5 Å². The lowest BCUT2D eigenvalue weighted by atomic mass is 10.1. The third-order valence-electron chi connectivity index (χ3n) is 5.77. The number of carbonyl (C=O) groups excluding carboxylic acids is 2. The van der Waals surface area contributed by atoms with Gasteiger partial charge < -0.3 is 20.3 Å². The number of amides is 2. The van der Waals surface area contributed by atoms with Gasteiger partial charge in [0.25, 0.3) is 11.8 Å². The molecular formula is C27H30N4O3. The third kappa shape index (κ3) is 5.61. The van der Waals surface area contributed by atoms with Crippen LogP contribution in [0.1, 0.15) is 51.5 Å². The molecule has 7 nitrogen and oxygen atoms in total. The normalized spacial score (nSPS) is 14.7. The average Bonchev–Trinajstić information content (AvgIpc) is 3.13. The van der Waals surface area contributed by atoms with Gasteiger partial charge in [-0.05, 0) is 49.7 Å². The van der Waals surface area contributed by atoms with Crippen molar-refractivity contribution in [2.75, 3.05) is 31.6 Å². The van der Waals surface area contributed by atoms with E-state index in [0.29, 0.717) is 43.9 Å². The van der Waals surface area contributed by atoms with Crippen LogP contribution in [-0.2, 0) is 11.2 Å². The van der Waals surface area contributed by atoms with E-state index in [9.17, 15) is 9.59 Å². The van der Waals surface area contributed by atoms with Crippen molar-refractivity contribution < 1.29 is 14.3 Å². The Kier molecular flexibility index (Phi) is 7.88. The number of nitrogens with one attached hydrogen (secondary N) is 2. The molecule has 0 saturated heterocycles. The summed E-state index contributed by atoms with van der Waals surface area (Å²) in [6.45, 7) is 4.32. The Morgan fingerprint density at radius 2 is 1.94 bits per heavy atom. The van der Waals surface area contributed by atoms with Gasteiger partial charge >= 0.3 is 0 Å². The number of carbonyl (C=O) groups is 2. The van der Waals surface area contributed by atoms with E-state index < -0.39 is 0 Å². The van der Waals surface area contributed by atoms with Crippen LogP contribution in [0.25, 0.3) is 0 Å². The minimum absolute atomic E-state index is 0.00742. The highest BCUT2D eigenvalue weighted by Gasteiger charge is 2.36. The van der Waals surface area contributed by atoms with E-state index in [2.05, 4.69) is 15.6 Å². The molecule has 1 aliphatic rings. The lowest BCUT2D eigenvalue weighted by Gasteiger charge is -2.27. The first kappa shape index (κ1) is 23.4. The molecule has 1 unspecified atom stereocenters. The van der Waals surface area contributed by atoms with Gasteiger partial charge in [0.2, 0.25) is 0 Å². The number of hydrogen-bond acceptors (Lipinski definition) is 5. The molecule has 4 rings (SSSR count). The van der Waals surface area contributed by atoms with Crippen molar-refractivity contribution in [2.45, 2.75) is 25.9 Å². The molecule has 0 saturated carbocycles. The van der Waals surface area contributed by atoms with E-state index >= 15 is 0 Å².